The first kappa shape index (κ1) is 23.7. The Bertz CT molecular complexity index is 1130. The average Bonchev–Trinajstić information content (AvgIpc) is 3.17. The molecule has 0 aliphatic carbocycles. The highest BCUT2D eigenvalue weighted by atomic mass is 32.2. The minimum atomic E-state index is -4.29. The summed E-state index contributed by atoms with van der Waals surface area (Å²) in [4.78, 5) is 19.7. The molecule has 0 radical (unpaired) electrons. The normalized spacial score (nSPS) is 16.2. The molecule has 2 aromatic carbocycles. The van der Waals surface area contributed by atoms with Gasteiger partial charge in [-0.15, -0.1) is 0 Å². The highest BCUT2D eigenvalue weighted by Gasteiger charge is 2.38. The average molecular weight is 497 g/mol. The van der Waals surface area contributed by atoms with E-state index < -0.39 is 18.2 Å². The minimum Gasteiger partial charge on any atom is -0.390 e. The van der Waals surface area contributed by atoms with Crippen molar-refractivity contribution in [2.75, 3.05) is 23.5 Å². The van der Waals surface area contributed by atoms with E-state index in [1.807, 2.05) is 18.2 Å². The summed E-state index contributed by atoms with van der Waals surface area (Å²) in [5.41, 5.74) is 6.56. The van der Waals surface area contributed by atoms with Gasteiger partial charge in [0.25, 0.3) is 5.91 Å². The lowest BCUT2D eigenvalue weighted by Gasteiger charge is -2.38. The van der Waals surface area contributed by atoms with Gasteiger partial charge < -0.3 is 20.5 Å². The maximum Gasteiger partial charge on any atom is 0.389 e. The van der Waals surface area contributed by atoms with Gasteiger partial charge in [-0.05, 0) is 67.6 Å². The molecule has 1 aromatic heterocycles. The van der Waals surface area contributed by atoms with Gasteiger partial charge in [0.1, 0.15) is 0 Å². The van der Waals surface area contributed by atoms with Crippen molar-refractivity contribution in [3.63, 3.8) is 0 Å². The molecule has 176 valence electrons. The molecule has 1 aliphatic rings. The number of hydrogen-bond acceptors (Lipinski definition) is 7. The van der Waals surface area contributed by atoms with E-state index in [1.165, 1.54) is 23.3 Å². The van der Waals surface area contributed by atoms with E-state index in [9.17, 15) is 23.1 Å². The standard InChI is InChI=1S/C22H23F3N4O2S2/c23-22(24,25)9-8-21(31)10-12-29(13-11-21)19(30)14-4-6-15(7-5-14)28-33-17-3-1-2-16-18(17)27-20(26)32-16/h1-7,28,31H,8-13H2,(H2,26,27). The zero-order valence-electron chi connectivity index (χ0n) is 17.6. The van der Waals surface area contributed by atoms with Crippen molar-refractivity contribution in [3.05, 3.63) is 48.0 Å². The van der Waals surface area contributed by atoms with Crippen LogP contribution in [-0.2, 0) is 0 Å². The minimum absolute atomic E-state index is 0.137. The fraction of sp³-hybridized carbons (Fsp3) is 0.364. The van der Waals surface area contributed by atoms with Gasteiger partial charge in [-0.1, -0.05) is 17.4 Å². The Labute approximate surface area is 197 Å². The first-order valence-electron chi connectivity index (χ1n) is 10.4. The number of para-hydroxylation sites is 1. The van der Waals surface area contributed by atoms with Crippen LogP contribution in [0.1, 0.15) is 36.0 Å². The van der Waals surface area contributed by atoms with Crippen molar-refractivity contribution >= 4 is 50.2 Å². The predicted octanol–water partition coefficient (Wildman–Crippen LogP) is 5.31. The Morgan fingerprint density at radius 3 is 2.58 bits per heavy atom. The largest absolute Gasteiger partial charge is 0.390 e. The Morgan fingerprint density at radius 1 is 1.21 bits per heavy atom. The number of aliphatic hydroxyl groups is 1. The van der Waals surface area contributed by atoms with E-state index in [0.29, 0.717) is 10.7 Å². The van der Waals surface area contributed by atoms with Crippen LogP contribution in [0.2, 0.25) is 0 Å². The van der Waals surface area contributed by atoms with Gasteiger partial charge in [0.2, 0.25) is 0 Å². The van der Waals surface area contributed by atoms with Crippen LogP contribution in [0.25, 0.3) is 10.2 Å². The molecule has 3 aromatic rings. The molecule has 4 rings (SSSR count). The molecule has 0 bridgehead atoms. The molecule has 1 amide bonds. The molecular formula is C22H23F3N4O2S2. The number of aromatic nitrogens is 1. The second kappa shape index (κ2) is 9.40. The van der Waals surface area contributed by atoms with Crippen LogP contribution in [0, 0.1) is 0 Å². The summed E-state index contributed by atoms with van der Waals surface area (Å²) in [5, 5.41) is 10.9. The van der Waals surface area contributed by atoms with Crippen LogP contribution in [0.5, 0.6) is 0 Å². The number of benzene rings is 2. The quantitative estimate of drug-likeness (QED) is 0.401. The van der Waals surface area contributed by atoms with E-state index in [2.05, 4.69) is 9.71 Å². The van der Waals surface area contributed by atoms with Crippen LogP contribution >= 0.6 is 23.3 Å². The number of nitrogens with one attached hydrogen (secondary N) is 1. The van der Waals surface area contributed by atoms with Crippen LogP contribution in [0.4, 0.5) is 24.0 Å². The monoisotopic (exact) mass is 496 g/mol. The predicted molar refractivity (Wildman–Crippen MR) is 125 cm³/mol. The smallest absolute Gasteiger partial charge is 0.389 e. The lowest BCUT2D eigenvalue weighted by Crippen LogP contribution is -2.47. The molecule has 4 N–H and O–H groups in total. The first-order valence-corrected chi connectivity index (χ1v) is 12.0. The Balaban J connectivity index is 1.32. The Morgan fingerprint density at radius 2 is 1.91 bits per heavy atom. The Hall–Kier alpha value is -2.50. The maximum absolute atomic E-state index is 12.8. The number of carbonyl (C=O) groups is 1. The number of fused-ring (bicyclic) bond motifs is 1. The maximum atomic E-state index is 12.8. The number of piperidine rings is 1. The van der Waals surface area contributed by atoms with Gasteiger partial charge in [0, 0.05) is 30.8 Å². The molecule has 11 heteroatoms. The fourth-order valence-electron chi connectivity index (χ4n) is 3.75. The number of halogens is 3. The molecule has 2 heterocycles. The van der Waals surface area contributed by atoms with Crippen molar-refractivity contribution in [2.24, 2.45) is 0 Å². The number of hydrogen-bond donors (Lipinski definition) is 3. The number of likely N-dealkylation sites (tertiary alicyclic amines) is 1. The van der Waals surface area contributed by atoms with Gasteiger partial charge in [-0.25, -0.2) is 4.98 Å². The second-order valence-corrected chi connectivity index (χ2v) is 9.98. The molecule has 0 atom stereocenters. The molecule has 1 aliphatic heterocycles. The van der Waals surface area contributed by atoms with Crippen LogP contribution in [0.15, 0.2) is 47.4 Å². The van der Waals surface area contributed by atoms with Gasteiger partial charge in [0.15, 0.2) is 5.13 Å². The van der Waals surface area contributed by atoms with Crippen molar-refractivity contribution < 1.29 is 23.1 Å². The van der Waals surface area contributed by atoms with E-state index >= 15 is 0 Å². The van der Waals surface area contributed by atoms with Gasteiger partial charge >= 0.3 is 6.18 Å². The SMILES string of the molecule is Nc1nc2c(SNc3ccc(C(=O)N4CCC(O)(CCC(F)(F)F)CC4)cc3)cccc2s1. The van der Waals surface area contributed by atoms with Gasteiger partial charge in [0.05, 0.1) is 20.7 Å². The summed E-state index contributed by atoms with van der Waals surface area (Å²) >= 11 is 2.83. The van der Waals surface area contributed by atoms with Crippen molar-refractivity contribution in [3.8, 4) is 0 Å². The third-order valence-corrected chi connectivity index (χ3v) is 7.40. The number of rotatable bonds is 6. The van der Waals surface area contributed by atoms with Crippen LogP contribution in [0.3, 0.4) is 0 Å². The summed E-state index contributed by atoms with van der Waals surface area (Å²) in [6, 6.07) is 12.8. The van der Waals surface area contributed by atoms with Crippen molar-refractivity contribution in [1.82, 2.24) is 9.88 Å². The number of anilines is 2. The number of thiazole rings is 1. The topological polar surface area (TPSA) is 91.5 Å². The molecule has 0 unspecified atom stereocenters. The molecule has 0 saturated carbocycles. The molecular weight excluding hydrogens is 473 g/mol. The van der Waals surface area contributed by atoms with E-state index in [0.717, 1.165) is 20.8 Å². The molecule has 33 heavy (non-hydrogen) atoms. The summed E-state index contributed by atoms with van der Waals surface area (Å²) in [5.74, 6) is -0.199. The molecule has 1 saturated heterocycles. The summed E-state index contributed by atoms with van der Waals surface area (Å²) in [6.45, 7) is 0.452. The zero-order valence-corrected chi connectivity index (χ0v) is 19.2. The number of alkyl halides is 3. The molecule has 1 fully saturated rings. The highest BCUT2D eigenvalue weighted by molar-refractivity contribution is 8.00. The van der Waals surface area contributed by atoms with Gasteiger partial charge in [-0.2, -0.15) is 13.2 Å². The Kier molecular flexibility index (Phi) is 6.73. The third-order valence-electron chi connectivity index (χ3n) is 5.66. The molecule has 6 nitrogen and oxygen atoms in total. The second-order valence-electron chi connectivity index (χ2n) is 8.07. The summed E-state index contributed by atoms with van der Waals surface area (Å²) < 4.78 is 41.7. The first-order chi connectivity index (χ1) is 15.6. The van der Waals surface area contributed by atoms with E-state index in [4.69, 9.17) is 5.73 Å². The highest BCUT2D eigenvalue weighted by Crippen LogP contribution is 2.34. The van der Waals surface area contributed by atoms with E-state index in [1.54, 1.807) is 29.2 Å². The number of nitrogens with two attached hydrogens (primary N) is 1. The lowest BCUT2D eigenvalue weighted by atomic mass is 9.86. The van der Waals surface area contributed by atoms with E-state index in [-0.39, 0.29) is 38.3 Å². The number of amides is 1. The number of nitrogen functional groups attached to an aromatic ring is 1. The summed E-state index contributed by atoms with van der Waals surface area (Å²) in [6.07, 6.45) is -5.38. The number of carbonyl (C=O) groups excluding carboxylic acids is 1. The number of nitrogens with zero attached hydrogens (tertiary/aromatic N) is 2. The molecule has 0 spiro atoms. The van der Waals surface area contributed by atoms with Crippen LogP contribution < -0.4 is 10.5 Å². The fourth-order valence-corrected chi connectivity index (χ4v) is 5.34. The van der Waals surface area contributed by atoms with Crippen LogP contribution in [-0.4, -0.2) is 45.8 Å². The third kappa shape index (κ3) is 5.90. The zero-order chi connectivity index (χ0) is 23.6. The van der Waals surface area contributed by atoms with Crippen molar-refractivity contribution in [1.29, 1.82) is 0 Å². The lowest BCUT2D eigenvalue weighted by molar-refractivity contribution is -0.150. The van der Waals surface area contributed by atoms with Crippen molar-refractivity contribution in [2.45, 2.75) is 42.4 Å². The van der Waals surface area contributed by atoms with Gasteiger partial charge in [-0.3, -0.25) is 4.79 Å². The summed E-state index contributed by atoms with van der Waals surface area (Å²) in [7, 11) is 0.